The minimum atomic E-state index is -0.310. The maximum Gasteiger partial charge on any atom is 0.196 e. The average Bonchev–Trinajstić information content (AvgIpc) is 2.77. The SMILES string of the molecule is CC(C)=CCc1c(O)cc2oc(C)cc(=O)c2c1O.Oc1ccc(C=Cc2cc(O)cc(O)c2)cc1. The molecule has 0 aliphatic rings. The third-order valence-electron chi connectivity index (χ3n) is 5.20. The maximum atomic E-state index is 11.9. The number of hydrogen-bond donors (Lipinski definition) is 5. The Morgan fingerprint density at radius 3 is 2.03 bits per heavy atom. The molecule has 4 rings (SSSR count). The average molecular weight is 489 g/mol. The number of aryl methyl sites for hydroxylation is 1. The highest BCUT2D eigenvalue weighted by Crippen LogP contribution is 2.34. The molecule has 0 amide bonds. The fraction of sp³-hybridized carbons (Fsp3) is 0.138. The van der Waals surface area contributed by atoms with Crippen LogP contribution in [0.25, 0.3) is 23.1 Å². The molecule has 0 bridgehead atoms. The van der Waals surface area contributed by atoms with E-state index in [-0.39, 0.29) is 45.1 Å². The second-order valence-corrected chi connectivity index (χ2v) is 8.51. The van der Waals surface area contributed by atoms with Gasteiger partial charge in [0.25, 0.3) is 0 Å². The highest BCUT2D eigenvalue weighted by Gasteiger charge is 2.16. The molecule has 1 heterocycles. The molecule has 36 heavy (non-hydrogen) atoms. The minimum absolute atomic E-state index is 0.0235. The summed E-state index contributed by atoms with van der Waals surface area (Å²) in [5.74, 6) is 0.425. The van der Waals surface area contributed by atoms with Crippen LogP contribution in [0.3, 0.4) is 0 Å². The summed E-state index contributed by atoms with van der Waals surface area (Å²) in [6.07, 6.45) is 5.83. The van der Waals surface area contributed by atoms with Crippen LogP contribution in [0, 0.1) is 6.92 Å². The number of phenols is 5. The molecule has 0 saturated carbocycles. The monoisotopic (exact) mass is 488 g/mol. The van der Waals surface area contributed by atoms with Crippen molar-refractivity contribution in [3.05, 3.63) is 98.9 Å². The molecule has 7 heteroatoms. The van der Waals surface area contributed by atoms with Gasteiger partial charge in [-0.1, -0.05) is 35.9 Å². The molecule has 186 valence electrons. The fourth-order valence-electron chi connectivity index (χ4n) is 3.45. The third-order valence-corrected chi connectivity index (χ3v) is 5.20. The van der Waals surface area contributed by atoms with Gasteiger partial charge in [-0.3, -0.25) is 4.79 Å². The zero-order chi connectivity index (χ0) is 26.4. The van der Waals surface area contributed by atoms with Crippen molar-refractivity contribution >= 4 is 23.1 Å². The Morgan fingerprint density at radius 1 is 0.806 bits per heavy atom. The van der Waals surface area contributed by atoms with E-state index in [1.54, 1.807) is 49.4 Å². The summed E-state index contributed by atoms with van der Waals surface area (Å²) in [5.41, 5.74) is 2.91. The largest absolute Gasteiger partial charge is 0.508 e. The Kier molecular flexibility index (Phi) is 8.07. The molecule has 0 atom stereocenters. The number of fused-ring (bicyclic) bond motifs is 1. The van der Waals surface area contributed by atoms with Gasteiger partial charge in [-0.2, -0.15) is 0 Å². The topological polar surface area (TPSA) is 131 Å². The first-order valence-corrected chi connectivity index (χ1v) is 11.1. The van der Waals surface area contributed by atoms with Gasteiger partial charge in [-0.25, -0.2) is 0 Å². The summed E-state index contributed by atoms with van der Waals surface area (Å²) in [4.78, 5) is 11.9. The lowest BCUT2D eigenvalue weighted by molar-refractivity contribution is 0.441. The molecule has 0 aliphatic carbocycles. The molecule has 4 aromatic rings. The molecular weight excluding hydrogens is 460 g/mol. The molecule has 0 fully saturated rings. The van der Waals surface area contributed by atoms with Crippen LogP contribution in [0.2, 0.25) is 0 Å². The number of benzene rings is 3. The molecule has 0 spiro atoms. The smallest absolute Gasteiger partial charge is 0.196 e. The summed E-state index contributed by atoms with van der Waals surface area (Å²) in [6.45, 7) is 5.49. The van der Waals surface area contributed by atoms with Crippen LogP contribution >= 0.6 is 0 Å². The van der Waals surface area contributed by atoms with Gasteiger partial charge in [0.1, 0.15) is 45.5 Å². The van der Waals surface area contributed by atoms with E-state index in [0.717, 1.165) is 11.1 Å². The first-order valence-electron chi connectivity index (χ1n) is 11.1. The van der Waals surface area contributed by atoms with E-state index in [4.69, 9.17) is 9.52 Å². The van der Waals surface area contributed by atoms with Crippen molar-refractivity contribution in [1.82, 2.24) is 0 Å². The standard InChI is InChI=1S/C15H16O4.C14H12O3/c1-8(2)4-5-10-11(16)7-13-14(15(10)18)12(17)6-9(3)19-13;15-12-5-3-10(4-6-12)1-2-11-7-13(16)9-14(17)8-11/h4,6-7,16,18H,5H2,1-3H3;1-9,15-17H. The summed E-state index contributed by atoms with van der Waals surface area (Å²) in [7, 11) is 0. The van der Waals surface area contributed by atoms with Crippen molar-refractivity contribution < 1.29 is 29.9 Å². The predicted molar refractivity (Wildman–Crippen MR) is 140 cm³/mol. The zero-order valence-electron chi connectivity index (χ0n) is 20.2. The predicted octanol–water partition coefficient (Wildman–Crippen LogP) is 6.00. The van der Waals surface area contributed by atoms with Gasteiger partial charge in [0.15, 0.2) is 5.43 Å². The van der Waals surface area contributed by atoms with Gasteiger partial charge in [-0.05, 0) is 62.6 Å². The van der Waals surface area contributed by atoms with E-state index in [0.29, 0.717) is 23.3 Å². The summed E-state index contributed by atoms with van der Waals surface area (Å²) >= 11 is 0. The molecule has 0 aliphatic heterocycles. The van der Waals surface area contributed by atoms with Gasteiger partial charge < -0.3 is 29.9 Å². The minimum Gasteiger partial charge on any atom is -0.508 e. The zero-order valence-corrected chi connectivity index (χ0v) is 20.2. The van der Waals surface area contributed by atoms with Gasteiger partial charge in [0, 0.05) is 23.8 Å². The van der Waals surface area contributed by atoms with Crippen LogP contribution in [0.4, 0.5) is 0 Å². The van der Waals surface area contributed by atoms with Gasteiger partial charge in [0.05, 0.1) is 0 Å². The van der Waals surface area contributed by atoms with Crippen molar-refractivity contribution in [3.63, 3.8) is 0 Å². The van der Waals surface area contributed by atoms with Gasteiger partial charge in [-0.15, -0.1) is 0 Å². The van der Waals surface area contributed by atoms with Crippen LogP contribution in [0.1, 0.15) is 36.3 Å². The van der Waals surface area contributed by atoms with Crippen molar-refractivity contribution in [2.24, 2.45) is 0 Å². The van der Waals surface area contributed by atoms with E-state index in [2.05, 4.69) is 0 Å². The van der Waals surface area contributed by atoms with Crippen molar-refractivity contribution in [3.8, 4) is 28.7 Å². The highest BCUT2D eigenvalue weighted by molar-refractivity contribution is 5.86. The Bertz CT molecular complexity index is 1470. The Morgan fingerprint density at radius 2 is 1.42 bits per heavy atom. The molecule has 3 aromatic carbocycles. The maximum absolute atomic E-state index is 11.9. The van der Waals surface area contributed by atoms with Crippen molar-refractivity contribution in [2.75, 3.05) is 0 Å². The number of aromatic hydroxyl groups is 5. The van der Waals surface area contributed by atoms with Crippen molar-refractivity contribution in [2.45, 2.75) is 27.2 Å². The van der Waals surface area contributed by atoms with Crippen LogP contribution in [0.5, 0.6) is 28.7 Å². The number of phenolic OH excluding ortho intramolecular Hbond substituents is 5. The molecule has 0 radical (unpaired) electrons. The van der Waals surface area contributed by atoms with E-state index < -0.39 is 0 Å². The van der Waals surface area contributed by atoms with Crippen LogP contribution in [0.15, 0.2) is 75.5 Å². The summed E-state index contributed by atoms with van der Waals surface area (Å²) in [5, 5.41) is 47.9. The molecular formula is C29H28O7. The molecule has 1 aromatic heterocycles. The Hall–Kier alpha value is -4.65. The lowest BCUT2D eigenvalue weighted by atomic mass is 10.0. The van der Waals surface area contributed by atoms with E-state index in [9.17, 15) is 25.2 Å². The normalized spacial score (nSPS) is 10.8. The lowest BCUT2D eigenvalue weighted by Crippen LogP contribution is -2.02. The van der Waals surface area contributed by atoms with Gasteiger partial charge in [0.2, 0.25) is 0 Å². The van der Waals surface area contributed by atoms with E-state index in [1.807, 2.05) is 26.0 Å². The second-order valence-electron chi connectivity index (χ2n) is 8.51. The van der Waals surface area contributed by atoms with Gasteiger partial charge >= 0.3 is 0 Å². The molecule has 5 N–H and O–H groups in total. The second kappa shape index (κ2) is 11.2. The first kappa shape index (κ1) is 26.0. The first-order chi connectivity index (χ1) is 17.0. The molecule has 0 saturated heterocycles. The number of hydrogen-bond acceptors (Lipinski definition) is 7. The Labute approximate surface area is 208 Å². The van der Waals surface area contributed by atoms with Crippen LogP contribution in [-0.2, 0) is 6.42 Å². The number of rotatable bonds is 4. The molecule has 7 nitrogen and oxygen atoms in total. The fourth-order valence-corrected chi connectivity index (χ4v) is 3.45. The van der Waals surface area contributed by atoms with E-state index >= 15 is 0 Å². The van der Waals surface area contributed by atoms with Crippen LogP contribution < -0.4 is 5.43 Å². The highest BCUT2D eigenvalue weighted by atomic mass is 16.3. The third kappa shape index (κ3) is 6.70. The number of allylic oxidation sites excluding steroid dienone is 2. The molecule has 0 unspecified atom stereocenters. The quantitative estimate of drug-likeness (QED) is 0.176. The summed E-state index contributed by atoms with van der Waals surface area (Å²) < 4.78 is 5.35. The lowest BCUT2D eigenvalue weighted by Gasteiger charge is -2.08. The van der Waals surface area contributed by atoms with E-state index in [1.165, 1.54) is 18.2 Å². The Balaban J connectivity index is 0.000000202. The van der Waals surface area contributed by atoms with Crippen molar-refractivity contribution in [1.29, 1.82) is 0 Å². The summed E-state index contributed by atoms with van der Waals surface area (Å²) in [6, 6.07) is 13.8. The van der Waals surface area contributed by atoms with Crippen LogP contribution in [-0.4, -0.2) is 25.5 Å².